The molecule has 0 aliphatic heterocycles. The van der Waals surface area contributed by atoms with Crippen LogP contribution in [0, 0.1) is 11.6 Å². The normalized spacial score (nSPS) is 12.0. The van der Waals surface area contributed by atoms with Crippen molar-refractivity contribution in [1.29, 1.82) is 0 Å². The summed E-state index contributed by atoms with van der Waals surface area (Å²) >= 11 is 0. The molecule has 2 N–H and O–H groups in total. The Labute approximate surface area is 115 Å². The summed E-state index contributed by atoms with van der Waals surface area (Å²) in [6, 6.07) is 3.81. The summed E-state index contributed by atoms with van der Waals surface area (Å²) in [5.41, 5.74) is -0.296. The minimum absolute atomic E-state index is 0.0299. The fourth-order valence-corrected chi connectivity index (χ4v) is 1.51. The van der Waals surface area contributed by atoms with Gasteiger partial charge in [0.05, 0.1) is 6.20 Å². The number of nitrogens with zero attached hydrogens (tertiary/aromatic N) is 3. The van der Waals surface area contributed by atoms with Crippen LogP contribution in [-0.2, 0) is 0 Å². The number of halogens is 2. The zero-order valence-corrected chi connectivity index (χ0v) is 11.2. The van der Waals surface area contributed by atoms with Crippen LogP contribution < -0.4 is 10.6 Å². The van der Waals surface area contributed by atoms with Gasteiger partial charge in [-0.3, -0.25) is 0 Å². The smallest absolute Gasteiger partial charge is 0.249 e. The van der Waals surface area contributed by atoms with Gasteiger partial charge in [0, 0.05) is 6.04 Å². The maximum atomic E-state index is 13.5. The van der Waals surface area contributed by atoms with Gasteiger partial charge in [-0.05, 0) is 25.5 Å². The number of nitrogens with one attached hydrogen (secondary N) is 2. The minimum Gasteiger partial charge on any atom is -0.366 e. The molecule has 1 aromatic heterocycles. The van der Waals surface area contributed by atoms with Crippen LogP contribution in [0.2, 0.25) is 0 Å². The molecule has 0 radical (unpaired) electrons. The lowest BCUT2D eigenvalue weighted by Gasteiger charge is -2.12. The van der Waals surface area contributed by atoms with Gasteiger partial charge in [-0.15, -0.1) is 5.10 Å². The number of hydrogen-bond donors (Lipinski definition) is 2. The molecule has 5 nitrogen and oxygen atoms in total. The molecule has 0 saturated carbocycles. The highest BCUT2D eigenvalue weighted by molar-refractivity contribution is 5.55. The van der Waals surface area contributed by atoms with Gasteiger partial charge in [-0.25, -0.2) is 8.78 Å². The second-order valence-electron chi connectivity index (χ2n) is 4.34. The minimum atomic E-state index is -0.714. The van der Waals surface area contributed by atoms with Crippen molar-refractivity contribution in [3.63, 3.8) is 0 Å². The van der Waals surface area contributed by atoms with E-state index in [2.05, 4.69) is 25.8 Å². The number of rotatable bonds is 5. The molecule has 106 valence electrons. The van der Waals surface area contributed by atoms with E-state index >= 15 is 0 Å². The topological polar surface area (TPSA) is 62.7 Å². The molecular weight excluding hydrogens is 264 g/mol. The average molecular weight is 279 g/mol. The highest BCUT2D eigenvalue weighted by atomic mass is 19.1. The Bertz CT molecular complexity index is 570. The first-order valence-corrected chi connectivity index (χ1v) is 6.27. The quantitative estimate of drug-likeness (QED) is 0.880. The van der Waals surface area contributed by atoms with E-state index in [0.717, 1.165) is 18.6 Å². The third-order valence-electron chi connectivity index (χ3n) is 2.77. The number of anilines is 3. The number of hydrogen-bond acceptors (Lipinski definition) is 5. The predicted octanol–water partition coefficient (Wildman–Crippen LogP) is 3.10. The van der Waals surface area contributed by atoms with Gasteiger partial charge in [0.25, 0.3) is 0 Å². The second kappa shape index (κ2) is 6.23. The lowest BCUT2D eigenvalue weighted by molar-refractivity contribution is 0.590. The van der Waals surface area contributed by atoms with Crippen LogP contribution in [0.15, 0.2) is 24.4 Å². The zero-order valence-electron chi connectivity index (χ0n) is 11.2. The molecule has 0 amide bonds. The van der Waals surface area contributed by atoms with Crippen molar-refractivity contribution in [1.82, 2.24) is 15.2 Å². The SMILES string of the molecule is CCC(C)Nc1cnnc(Nc2c(F)cccc2F)n1. The Kier molecular flexibility index (Phi) is 4.39. The molecule has 2 aromatic rings. The molecule has 1 unspecified atom stereocenters. The third-order valence-corrected chi connectivity index (χ3v) is 2.77. The van der Waals surface area contributed by atoms with Gasteiger partial charge in [-0.1, -0.05) is 13.0 Å². The fourth-order valence-electron chi connectivity index (χ4n) is 1.51. The van der Waals surface area contributed by atoms with Crippen LogP contribution in [0.3, 0.4) is 0 Å². The van der Waals surface area contributed by atoms with Crippen LogP contribution in [-0.4, -0.2) is 21.2 Å². The number of aromatic nitrogens is 3. The maximum absolute atomic E-state index is 13.5. The summed E-state index contributed by atoms with van der Waals surface area (Å²) in [6.07, 6.45) is 2.36. The average Bonchev–Trinajstić information content (AvgIpc) is 2.43. The van der Waals surface area contributed by atoms with Crippen molar-refractivity contribution < 1.29 is 8.78 Å². The lowest BCUT2D eigenvalue weighted by atomic mass is 10.3. The monoisotopic (exact) mass is 279 g/mol. The van der Waals surface area contributed by atoms with Crippen molar-refractivity contribution in [2.45, 2.75) is 26.3 Å². The molecule has 1 aromatic carbocycles. The number of benzene rings is 1. The molecular formula is C13H15F2N5. The van der Waals surface area contributed by atoms with Crippen LogP contribution in [0.5, 0.6) is 0 Å². The van der Waals surface area contributed by atoms with Gasteiger partial charge < -0.3 is 10.6 Å². The zero-order chi connectivity index (χ0) is 14.5. The largest absolute Gasteiger partial charge is 0.366 e. The van der Waals surface area contributed by atoms with Crippen molar-refractivity contribution in [3.8, 4) is 0 Å². The molecule has 0 spiro atoms. The van der Waals surface area contributed by atoms with E-state index in [1.165, 1.54) is 12.3 Å². The Morgan fingerprint density at radius 1 is 1.25 bits per heavy atom. The van der Waals surface area contributed by atoms with E-state index in [-0.39, 0.29) is 17.7 Å². The standard InChI is InChI=1S/C13H15F2N5/c1-3-8(2)17-11-7-16-20-13(18-11)19-12-9(14)5-4-6-10(12)15/h4-8H,3H2,1-2H3,(H2,17,18,19,20). The molecule has 0 aliphatic carbocycles. The molecule has 0 aliphatic rings. The highest BCUT2D eigenvalue weighted by Gasteiger charge is 2.11. The Hall–Kier alpha value is -2.31. The molecule has 7 heteroatoms. The molecule has 0 bridgehead atoms. The summed E-state index contributed by atoms with van der Waals surface area (Å²) in [7, 11) is 0. The van der Waals surface area contributed by atoms with E-state index in [0.29, 0.717) is 5.82 Å². The van der Waals surface area contributed by atoms with Gasteiger partial charge in [0.15, 0.2) is 5.82 Å². The van der Waals surface area contributed by atoms with Gasteiger partial charge >= 0.3 is 0 Å². The van der Waals surface area contributed by atoms with Crippen LogP contribution in [0.4, 0.5) is 26.2 Å². The van der Waals surface area contributed by atoms with E-state index in [9.17, 15) is 8.78 Å². The van der Waals surface area contributed by atoms with Crippen LogP contribution in [0.25, 0.3) is 0 Å². The highest BCUT2D eigenvalue weighted by Crippen LogP contribution is 2.21. The van der Waals surface area contributed by atoms with Gasteiger partial charge in [0.1, 0.15) is 17.3 Å². The summed E-state index contributed by atoms with van der Waals surface area (Å²) in [5, 5.41) is 13.1. The van der Waals surface area contributed by atoms with E-state index in [1.54, 1.807) is 0 Å². The Morgan fingerprint density at radius 3 is 2.60 bits per heavy atom. The first-order valence-electron chi connectivity index (χ1n) is 6.27. The lowest BCUT2D eigenvalue weighted by Crippen LogP contribution is -2.15. The molecule has 0 saturated heterocycles. The van der Waals surface area contributed by atoms with Crippen LogP contribution in [0.1, 0.15) is 20.3 Å². The summed E-state index contributed by atoms with van der Waals surface area (Å²) in [5.74, 6) is -0.904. The van der Waals surface area contributed by atoms with Crippen molar-refractivity contribution in [3.05, 3.63) is 36.0 Å². The molecule has 1 atom stereocenters. The fraction of sp³-hybridized carbons (Fsp3) is 0.308. The number of para-hydroxylation sites is 1. The molecule has 0 fully saturated rings. The predicted molar refractivity (Wildman–Crippen MR) is 72.8 cm³/mol. The second-order valence-corrected chi connectivity index (χ2v) is 4.34. The van der Waals surface area contributed by atoms with Crippen molar-refractivity contribution in [2.75, 3.05) is 10.6 Å². The Morgan fingerprint density at radius 2 is 1.95 bits per heavy atom. The van der Waals surface area contributed by atoms with E-state index in [1.807, 2.05) is 13.8 Å². The first-order chi connectivity index (χ1) is 9.60. The van der Waals surface area contributed by atoms with Crippen molar-refractivity contribution >= 4 is 17.5 Å². The molecule has 20 heavy (non-hydrogen) atoms. The van der Waals surface area contributed by atoms with Crippen LogP contribution >= 0.6 is 0 Å². The first kappa shape index (κ1) is 14.1. The molecule has 1 heterocycles. The summed E-state index contributed by atoms with van der Waals surface area (Å²) < 4.78 is 27.0. The third kappa shape index (κ3) is 3.37. The van der Waals surface area contributed by atoms with Crippen molar-refractivity contribution in [2.24, 2.45) is 0 Å². The summed E-state index contributed by atoms with van der Waals surface area (Å²) in [6.45, 7) is 4.02. The summed E-state index contributed by atoms with van der Waals surface area (Å²) in [4.78, 5) is 4.11. The van der Waals surface area contributed by atoms with Gasteiger partial charge in [-0.2, -0.15) is 10.1 Å². The Balaban J connectivity index is 2.20. The molecule has 2 rings (SSSR count). The maximum Gasteiger partial charge on any atom is 0.249 e. The van der Waals surface area contributed by atoms with E-state index < -0.39 is 11.6 Å². The van der Waals surface area contributed by atoms with Gasteiger partial charge in [0.2, 0.25) is 5.95 Å². The van der Waals surface area contributed by atoms with E-state index in [4.69, 9.17) is 0 Å².